The van der Waals surface area contributed by atoms with E-state index in [0.717, 1.165) is 12.1 Å². The van der Waals surface area contributed by atoms with Crippen molar-refractivity contribution in [2.45, 2.75) is 31.3 Å². The number of nitrogens with one attached hydrogen (secondary N) is 2. The Hall–Kier alpha value is -0.0800. The lowest BCUT2D eigenvalue weighted by Crippen LogP contribution is -2.59. The maximum Gasteiger partial charge on any atom is 0.0319 e. The largest absolute Gasteiger partial charge is 0.314 e. The van der Waals surface area contributed by atoms with E-state index in [-0.39, 0.29) is 0 Å². The third-order valence-corrected chi connectivity index (χ3v) is 2.36. The van der Waals surface area contributed by atoms with Crippen LogP contribution < -0.4 is 10.6 Å². The van der Waals surface area contributed by atoms with Crippen LogP contribution in [0.5, 0.6) is 0 Å². The summed E-state index contributed by atoms with van der Waals surface area (Å²) in [6.07, 6.45) is 4.27. The maximum absolute atomic E-state index is 3.59. The molecule has 2 fully saturated rings. The first-order chi connectivity index (χ1) is 4.45. The van der Waals surface area contributed by atoms with Gasteiger partial charge < -0.3 is 10.6 Å². The van der Waals surface area contributed by atoms with E-state index >= 15 is 0 Å². The second-order valence-corrected chi connectivity index (χ2v) is 3.15. The highest BCUT2D eigenvalue weighted by Crippen LogP contribution is 2.18. The Labute approximate surface area is 56.0 Å². The van der Waals surface area contributed by atoms with Crippen LogP contribution >= 0.6 is 0 Å². The summed E-state index contributed by atoms with van der Waals surface area (Å²) in [6.45, 7) is 2.38. The van der Waals surface area contributed by atoms with Gasteiger partial charge in [0.25, 0.3) is 0 Å². The highest BCUT2D eigenvalue weighted by molar-refractivity contribution is 4.87. The van der Waals surface area contributed by atoms with Gasteiger partial charge in [0.2, 0.25) is 0 Å². The SMILES string of the molecule is C1CC(NC2CNC2)C1. The molecule has 2 rings (SSSR count). The summed E-state index contributed by atoms with van der Waals surface area (Å²) < 4.78 is 0. The molecule has 0 aromatic heterocycles. The van der Waals surface area contributed by atoms with Crippen molar-refractivity contribution in [3.05, 3.63) is 0 Å². The van der Waals surface area contributed by atoms with E-state index in [1.807, 2.05) is 0 Å². The topological polar surface area (TPSA) is 24.1 Å². The fourth-order valence-electron chi connectivity index (χ4n) is 1.31. The van der Waals surface area contributed by atoms with Crippen LogP contribution in [0.25, 0.3) is 0 Å². The van der Waals surface area contributed by atoms with Crippen LogP contribution in [0, 0.1) is 0 Å². The van der Waals surface area contributed by atoms with Crippen LogP contribution in [0.15, 0.2) is 0 Å². The molecule has 52 valence electrons. The minimum absolute atomic E-state index is 0.801. The highest BCUT2D eigenvalue weighted by Gasteiger charge is 2.23. The standard InChI is InChI=1S/C7H14N2/c1-2-6(3-1)9-7-4-8-5-7/h6-9H,1-5H2. The molecule has 2 heteroatoms. The van der Waals surface area contributed by atoms with Gasteiger partial charge in [-0.15, -0.1) is 0 Å². The molecule has 0 aromatic rings. The molecule has 0 unspecified atom stereocenters. The summed E-state index contributed by atoms with van der Waals surface area (Å²) in [5, 5.41) is 6.84. The fraction of sp³-hybridized carbons (Fsp3) is 1.00. The minimum atomic E-state index is 0.801. The Morgan fingerprint density at radius 2 is 1.89 bits per heavy atom. The zero-order valence-electron chi connectivity index (χ0n) is 5.69. The molecule has 1 aliphatic heterocycles. The molecule has 1 saturated carbocycles. The van der Waals surface area contributed by atoms with Crippen molar-refractivity contribution < 1.29 is 0 Å². The number of hydrogen-bond acceptors (Lipinski definition) is 2. The van der Waals surface area contributed by atoms with Crippen molar-refractivity contribution in [1.82, 2.24) is 10.6 Å². The summed E-state index contributed by atoms with van der Waals surface area (Å²) in [5.74, 6) is 0. The predicted molar refractivity (Wildman–Crippen MR) is 37.4 cm³/mol. The lowest BCUT2D eigenvalue weighted by atomic mass is 9.92. The normalized spacial score (nSPS) is 29.3. The van der Waals surface area contributed by atoms with E-state index in [4.69, 9.17) is 0 Å². The van der Waals surface area contributed by atoms with Crippen molar-refractivity contribution in [2.75, 3.05) is 13.1 Å². The summed E-state index contributed by atoms with van der Waals surface area (Å²) in [5.41, 5.74) is 0. The Morgan fingerprint density at radius 3 is 2.22 bits per heavy atom. The van der Waals surface area contributed by atoms with Crippen LogP contribution in [0.4, 0.5) is 0 Å². The van der Waals surface area contributed by atoms with Gasteiger partial charge in [-0.1, -0.05) is 6.42 Å². The van der Waals surface area contributed by atoms with Crippen molar-refractivity contribution in [1.29, 1.82) is 0 Å². The van der Waals surface area contributed by atoms with Gasteiger partial charge in [0.15, 0.2) is 0 Å². The molecular formula is C7H14N2. The first-order valence-corrected chi connectivity index (χ1v) is 3.92. The number of hydrogen-bond donors (Lipinski definition) is 2. The Kier molecular flexibility index (Phi) is 1.44. The molecule has 1 heterocycles. The molecule has 1 aliphatic carbocycles. The summed E-state index contributed by atoms with van der Waals surface area (Å²) >= 11 is 0. The van der Waals surface area contributed by atoms with Gasteiger partial charge in [-0.3, -0.25) is 0 Å². The molecule has 9 heavy (non-hydrogen) atoms. The van der Waals surface area contributed by atoms with Gasteiger partial charge in [-0.2, -0.15) is 0 Å². The predicted octanol–water partition coefficient (Wildman–Crippen LogP) is 0.100. The van der Waals surface area contributed by atoms with Crippen LogP contribution in [-0.2, 0) is 0 Å². The molecule has 0 aromatic carbocycles. The van der Waals surface area contributed by atoms with Crippen molar-refractivity contribution in [2.24, 2.45) is 0 Å². The van der Waals surface area contributed by atoms with Gasteiger partial charge in [-0.25, -0.2) is 0 Å². The second kappa shape index (κ2) is 2.27. The zero-order chi connectivity index (χ0) is 6.10. The Morgan fingerprint density at radius 1 is 1.11 bits per heavy atom. The average Bonchev–Trinajstić information content (AvgIpc) is 1.57. The van der Waals surface area contributed by atoms with Crippen LogP contribution in [-0.4, -0.2) is 25.2 Å². The van der Waals surface area contributed by atoms with Gasteiger partial charge in [-0.05, 0) is 12.8 Å². The van der Waals surface area contributed by atoms with E-state index < -0.39 is 0 Å². The molecule has 2 N–H and O–H groups in total. The molecule has 0 atom stereocenters. The molecule has 0 spiro atoms. The summed E-state index contributed by atoms with van der Waals surface area (Å²) in [6, 6.07) is 1.67. The van der Waals surface area contributed by atoms with Gasteiger partial charge >= 0.3 is 0 Å². The second-order valence-electron chi connectivity index (χ2n) is 3.15. The molecule has 0 radical (unpaired) electrons. The molecule has 2 nitrogen and oxygen atoms in total. The van der Waals surface area contributed by atoms with Gasteiger partial charge in [0.1, 0.15) is 0 Å². The Bertz CT molecular complexity index is 83.1. The minimum Gasteiger partial charge on any atom is -0.314 e. The first kappa shape index (κ1) is 5.69. The maximum atomic E-state index is 3.59. The van der Waals surface area contributed by atoms with Gasteiger partial charge in [0.05, 0.1) is 0 Å². The van der Waals surface area contributed by atoms with Crippen molar-refractivity contribution in [3.63, 3.8) is 0 Å². The smallest absolute Gasteiger partial charge is 0.0319 e. The van der Waals surface area contributed by atoms with Crippen molar-refractivity contribution >= 4 is 0 Å². The van der Waals surface area contributed by atoms with E-state index in [0.29, 0.717) is 0 Å². The van der Waals surface area contributed by atoms with Crippen LogP contribution in [0.3, 0.4) is 0 Å². The van der Waals surface area contributed by atoms with E-state index in [1.54, 1.807) is 0 Å². The molecule has 0 amide bonds. The first-order valence-electron chi connectivity index (χ1n) is 3.92. The average molecular weight is 126 g/mol. The van der Waals surface area contributed by atoms with E-state index in [9.17, 15) is 0 Å². The fourth-order valence-corrected chi connectivity index (χ4v) is 1.31. The monoisotopic (exact) mass is 126 g/mol. The lowest BCUT2D eigenvalue weighted by molar-refractivity contribution is 0.259. The summed E-state index contributed by atoms with van der Waals surface area (Å²) in [7, 11) is 0. The zero-order valence-corrected chi connectivity index (χ0v) is 5.69. The molecule has 0 bridgehead atoms. The molecule has 1 saturated heterocycles. The number of rotatable bonds is 2. The third-order valence-electron chi connectivity index (χ3n) is 2.36. The quantitative estimate of drug-likeness (QED) is 0.548. The van der Waals surface area contributed by atoms with Crippen LogP contribution in [0.2, 0.25) is 0 Å². The van der Waals surface area contributed by atoms with E-state index in [1.165, 1.54) is 32.4 Å². The highest BCUT2D eigenvalue weighted by atomic mass is 15.1. The van der Waals surface area contributed by atoms with Gasteiger partial charge in [0, 0.05) is 25.2 Å². The molecule has 2 aliphatic rings. The Balaban J connectivity index is 1.64. The van der Waals surface area contributed by atoms with Crippen LogP contribution in [0.1, 0.15) is 19.3 Å². The van der Waals surface area contributed by atoms with Crippen molar-refractivity contribution in [3.8, 4) is 0 Å². The summed E-state index contributed by atoms with van der Waals surface area (Å²) in [4.78, 5) is 0. The third kappa shape index (κ3) is 1.10. The van der Waals surface area contributed by atoms with E-state index in [2.05, 4.69) is 10.6 Å². The molecular weight excluding hydrogens is 112 g/mol. The lowest BCUT2D eigenvalue weighted by Gasteiger charge is -2.36.